The lowest BCUT2D eigenvalue weighted by Crippen LogP contribution is -2.22. The second-order valence-electron chi connectivity index (χ2n) is 3.99. The molecule has 3 heteroatoms. The lowest BCUT2D eigenvalue weighted by Gasteiger charge is -2.15. The first-order valence-corrected chi connectivity index (χ1v) is 5.43. The van der Waals surface area contributed by atoms with Gasteiger partial charge >= 0.3 is 0 Å². The van der Waals surface area contributed by atoms with Crippen molar-refractivity contribution in [2.45, 2.75) is 12.8 Å². The monoisotopic (exact) mass is 241 g/mol. The molecule has 1 aromatic carbocycles. The van der Waals surface area contributed by atoms with Crippen LogP contribution in [0, 0.1) is 0 Å². The van der Waals surface area contributed by atoms with Crippen LogP contribution in [0.2, 0.25) is 5.02 Å². The van der Waals surface area contributed by atoms with Crippen molar-refractivity contribution in [3.63, 3.8) is 0 Å². The summed E-state index contributed by atoms with van der Waals surface area (Å²) < 4.78 is 0. The molecule has 80 valence electrons. The van der Waals surface area contributed by atoms with Crippen LogP contribution in [-0.2, 0) is 6.42 Å². The average molecular weight is 242 g/mol. The fourth-order valence-electron chi connectivity index (χ4n) is 2.42. The maximum Gasteiger partial charge on any atom is 0.0412 e. The van der Waals surface area contributed by atoms with Crippen LogP contribution in [0.5, 0.6) is 0 Å². The van der Waals surface area contributed by atoms with Gasteiger partial charge in [0.25, 0.3) is 0 Å². The zero-order valence-corrected chi connectivity index (χ0v) is 9.92. The molecule has 0 amide bonds. The lowest BCUT2D eigenvalue weighted by molar-refractivity contribution is 0.712. The molecule has 0 unspecified atom stereocenters. The van der Waals surface area contributed by atoms with Crippen LogP contribution in [0.15, 0.2) is 23.8 Å². The quantitative estimate of drug-likeness (QED) is 0.737. The minimum absolute atomic E-state index is 0. The predicted octanol–water partition coefficient (Wildman–Crippen LogP) is 3.06. The normalized spacial score (nSPS) is 18.2. The number of fused-ring (bicyclic) bond motifs is 2. The highest BCUT2D eigenvalue weighted by Crippen LogP contribution is 2.36. The minimum Gasteiger partial charge on any atom is -0.312 e. The Morgan fingerprint density at radius 1 is 1.27 bits per heavy atom. The van der Waals surface area contributed by atoms with Gasteiger partial charge in [-0.05, 0) is 48.2 Å². The van der Waals surface area contributed by atoms with E-state index >= 15 is 0 Å². The first kappa shape index (κ1) is 11.0. The van der Waals surface area contributed by atoms with Gasteiger partial charge in [0.15, 0.2) is 0 Å². The van der Waals surface area contributed by atoms with Gasteiger partial charge in [0.1, 0.15) is 0 Å². The minimum atomic E-state index is 0. The van der Waals surface area contributed by atoms with E-state index < -0.39 is 0 Å². The SMILES string of the molecule is Cl.Clc1ccc2c(c1)C1=C(CCNC1)C2. The number of hydrogen-bond donors (Lipinski definition) is 1. The van der Waals surface area contributed by atoms with Crippen molar-refractivity contribution in [2.24, 2.45) is 0 Å². The van der Waals surface area contributed by atoms with Crippen LogP contribution in [0.25, 0.3) is 5.57 Å². The molecule has 0 fully saturated rings. The Hall–Kier alpha value is -0.500. The molecule has 0 radical (unpaired) electrons. The molecule has 0 atom stereocenters. The van der Waals surface area contributed by atoms with Crippen LogP contribution in [0.3, 0.4) is 0 Å². The first-order chi connectivity index (χ1) is 6.84. The summed E-state index contributed by atoms with van der Waals surface area (Å²) in [4.78, 5) is 0. The Bertz CT molecular complexity index is 424. The third kappa shape index (κ3) is 1.80. The summed E-state index contributed by atoms with van der Waals surface area (Å²) in [5, 5.41) is 4.27. The van der Waals surface area contributed by atoms with Gasteiger partial charge in [-0.2, -0.15) is 0 Å². The Morgan fingerprint density at radius 2 is 2.13 bits per heavy atom. The fourth-order valence-corrected chi connectivity index (χ4v) is 2.60. The van der Waals surface area contributed by atoms with Crippen molar-refractivity contribution >= 4 is 29.6 Å². The molecule has 0 saturated carbocycles. The molecule has 1 N–H and O–H groups in total. The highest BCUT2D eigenvalue weighted by molar-refractivity contribution is 6.30. The molecule has 0 aromatic heterocycles. The Balaban J connectivity index is 0.000000853. The predicted molar refractivity (Wildman–Crippen MR) is 66.8 cm³/mol. The van der Waals surface area contributed by atoms with E-state index in [1.54, 1.807) is 5.57 Å². The van der Waals surface area contributed by atoms with Crippen molar-refractivity contribution in [1.82, 2.24) is 5.32 Å². The van der Waals surface area contributed by atoms with E-state index in [2.05, 4.69) is 17.4 Å². The van der Waals surface area contributed by atoms with E-state index in [0.717, 1.165) is 24.5 Å². The average Bonchev–Trinajstić information content (AvgIpc) is 2.56. The Labute approximate surface area is 101 Å². The van der Waals surface area contributed by atoms with Gasteiger partial charge in [-0.3, -0.25) is 0 Å². The third-order valence-corrected chi connectivity index (χ3v) is 3.37. The van der Waals surface area contributed by atoms with E-state index in [1.807, 2.05) is 6.07 Å². The summed E-state index contributed by atoms with van der Waals surface area (Å²) in [5.74, 6) is 0. The number of halogens is 2. The molecule has 0 bridgehead atoms. The van der Waals surface area contributed by atoms with E-state index in [9.17, 15) is 0 Å². The highest BCUT2D eigenvalue weighted by atomic mass is 35.5. The number of rotatable bonds is 0. The van der Waals surface area contributed by atoms with Crippen LogP contribution >= 0.6 is 24.0 Å². The van der Waals surface area contributed by atoms with Gasteiger partial charge in [0.2, 0.25) is 0 Å². The van der Waals surface area contributed by atoms with Gasteiger partial charge in [0, 0.05) is 11.6 Å². The number of benzene rings is 1. The lowest BCUT2D eigenvalue weighted by atomic mass is 10.0. The first-order valence-electron chi connectivity index (χ1n) is 5.05. The van der Waals surface area contributed by atoms with Crippen molar-refractivity contribution < 1.29 is 0 Å². The summed E-state index contributed by atoms with van der Waals surface area (Å²) in [6.07, 6.45) is 2.34. The second kappa shape index (κ2) is 4.17. The van der Waals surface area contributed by atoms with Gasteiger partial charge in [-0.25, -0.2) is 0 Å². The molecule has 0 spiro atoms. The zero-order valence-electron chi connectivity index (χ0n) is 8.35. The van der Waals surface area contributed by atoms with Crippen LogP contribution in [0.4, 0.5) is 0 Å². The van der Waals surface area contributed by atoms with Crippen molar-refractivity contribution in [3.8, 4) is 0 Å². The molecule has 3 rings (SSSR count). The number of nitrogens with one attached hydrogen (secondary N) is 1. The van der Waals surface area contributed by atoms with E-state index in [4.69, 9.17) is 11.6 Å². The maximum absolute atomic E-state index is 6.01. The van der Waals surface area contributed by atoms with E-state index in [1.165, 1.54) is 23.1 Å². The molecule has 15 heavy (non-hydrogen) atoms. The molecule has 2 aliphatic rings. The fraction of sp³-hybridized carbons (Fsp3) is 0.333. The highest BCUT2D eigenvalue weighted by Gasteiger charge is 2.23. The largest absolute Gasteiger partial charge is 0.312 e. The van der Waals surface area contributed by atoms with Gasteiger partial charge in [-0.1, -0.05) is 23.2 Å². The van der Waals surface area contributed by atoms with E-state index in [-0.39, 0.29) is 12.4 Å². The molecule has 1 aromatic rings. The third-order valence-electron chi connectivity index (χ3n) is 3.13. The summed E-state index contributed by atoms with van der Waals surface area (Å²) in [6, 6.07) is 6.26. The summed E-state index contributed by atoms with van der Waals surface area (Å²) in [6.45, 7) is 2.14. The molecule has 1 aliphatic carbocycles. The standard InChI is InChI=1S/C12H12ClN.ClH/c13-10-2-1-8-5-9-3-4-14-7-12(9)11(8)6-10;/h1-2,6,14H,3-5,7H2;1H. The van der Waals surface area contributed by atoms with E-state index in [0.29, 0.717) is 0 Å². The summed E-state index contributed by atoms with van der Waals surface area (Å²) in [7, 11) is 0. The van der Waals surface area contributed by atoms with Crippen molar-refractivity contribution in [2.75, 3.05) is 13.1 Å². The molecule has 1 nitrogen and oxygen atoms in total. The second-order valence-corrected chi connectivity index (χ2v) is 4.42. The van der Waals surface area contributed by atoms with Gasteiger partial charge in [-0.15, -0.1) is 12.4 Å². The topological polar surface area (TPSA) is 12.0 Å². The van der Waals surface area contributed by atoms with Crippen LogP contribution in [-0.4, -0.2) is 13.1 Å². The van der Waals surface area contributed by atoms with Gasteiger partial charge in [0.05, 0.1) is 0 Å². The molecule has 1 aliphatic heterocycles. The maximum atomic E-state index is 6.01. The molecule has 0 saturated heterocycles. The smallest absolute Gasteiger partial charge is 0.0412 e. The van der Waals surface area contributed by atoms with Crippen molar-refractivity contribution in [3.05, 3.63) is 39.9 Å². The van der Waals surface area contributed by atoms with Crippen LogP contribution < -0.4 is 5.32 Å². The summed E-state index contributed by atoms with van der Waals surface area (Å²) >= 11 is 6.01. The van der Waals surface area contributed by atoms with Gasteiger partial charge < -0.3 is 5.32 Å². The zero-order chi connectivity index (χ0) is 9.54. The summed E-state index contributed by atoms with van der Waals surface area (Å²) in [5.41, 5.74) is 5.93. The van der Waals surface area contributed by atoms with Crippen LogP contribution in [0.1, 0.15) is 17.5 Å². The molecular formula is C12H13Cl2N. The Morgan fingerprint density at radius 3 is 3.00 bits per heavy atom. The Kier molecular flexibility index (Phi) is 3.06. The van der Waals surface area contributed by atoms with Crippen molar-refractivity contribution in [1.29, 1.82) is 0 Å². The molecule has 1 heterocycles. The number of hydrogen-bond acceptors (Lipinski definition) is 1. The molecular weight excluding hydrogens is 229 g/mol.